The molecule has 32 heavy (non-hydrogen) atoms. The Morgan fingerprint density at radius 3 is 2.47 bits per heavy atom. The second-order valence-electron chi connectivity index (χ2n) is 9.09. The van der Waals surface area contributed by atoms with Crippen LogP contribution in [0.15, 0.2) is 48.5 Å². The van der Waals surface area contributed by atoms with Gasteiger partial charge < -0.3 is 20.4 Å². The first-order valence-corrected chi connectivity index (χ1v) is 11.4. The molecule has 2 unspecified atom stereocenters. The van der Waals surface area contributed by atoms with Gasteiger partial charge in [0.2, 0.25) is 11.8 Å². The van der Waals surface area contributed by atoms with Gasteiger partial charge in [-0.25, -0.2) is 0 Å². The molecule has 3 aliphatic rings. The third-order valence-electron chi connectivity index (χ3n) is 6.55. The Hall–Kier alpha value is -3.35. The van der Waals surface area contributed by atoms with Gasteiger partial charge in [0, 0.05) is 36.1 Å². The lowest BCUT2D eigenvalue weighted by atomic mass is 10.0. The van der Waals surface area contributed by atoms with E-state index < -0.39 is 6.04 Å². The summed E-state index contributed by atoms with van der Waals surface area (Å²) in [5.41, 5.74) is 3.15. The predicted octanol–water partition coefficient (Wildman–Crippen LogP) is 2.95. The molecule has 7 heteroatoms. The zero-order valence-electron chi connectivity index (χ0n) is 18.2. The van der Waals surface area contributed by atoms with Crippen LogP contribution in [0.3, 0.4) is 0 Å². The molecule has 2 atom stereocenters. The summed E-state index contributed by atoms with van der Waals surface area (Å²) in [5, 5.41) is 5.56. The molecule has 7 nitrogen and oxygen atoms in total. The number of amides is 3. The van der Waals surface area contributed by atoms with Gasteiger partial charge in [0.1, 0.15) is 6.04 Å². The summed E-state index contributed by atoms with van der Waals surface area (Å²) in [6.45, 7) is 4.23. The van der Waals surface area contributed by atoms with Crippen LogP contribution in [0.5, 0.6) is 0 Å². The van der Waals surface area contributed by atoms with E-state index >= 15 is 0 Å². The van der Waals surface area contributed by atoms with Gasteiger partial charge >= 0.3 is 0 Å². The number of nitrogens with one attached hydrogen (secondary N) is 2. The molecule has 2 N–H and O–H groups in total. The zero-order chi connectivity index (χ0) is 22.2. The van der Waals surface area contributed by atoms with Crippen LogP contribution in [0.1, 0.15) is 48.1 Å². The first-order valence-electron chi connectivity index (χ1n) is 11.4. The molecule has 2 aliphatic heterocycles. The molecule has 3 amide bonds. The molecular formula is C25H28N4O3. The molecule has 0 bridgehead atoms. The standard InChI is InChI=1S/C25H28N4O3/c1-16-12-13-28(15-16)18-8-6-17(7-9-18)27-22(30)14-26-24(31)23-20-4-2-3-5-21(20)25(32)29(23)19-10-11-19/h2-9,16,19,23H,10-15H2,1H3,(H,26,31)(H,27,30). The minimum atomic E-state index is -0.666. The molecule has 0 radical (unpaired) electrons. The molecule has 166 valence electrons. The number of hydrogen-bond donors (Lipinski definition) is 2. The molecule has 5 rings (SSSR count). The van der Waals surface area contributed by atoms with Crippen molar-refractivity contribution in [1.82, 2.24) is 10.2 Å². The number of carbonyl (C=O) groups is 3. The maximum atomic E-state index is 13.0. The van der Waals surface area contributed by atoms with Crippen molar-refractivity contribution in [3.63, 3.8) is 0 Å². The summed E-state index contributed by atoms with van der Waals surface area (Å²) in [7, 11) is 0. The van der Waals surface area contributed by atoms with Gasteiger partial charge in [0.05, 0.1) is 6.54 Å². The highest BCUT2D eigenvalue weighted by Gasteiger charge is 2.47. The average molecular weight is 433 g/mol. The van der Waals surface area contributed by atoms with Crippen LogP contribution in [-0.4, -0.2) is 48.3 Å². The van der Waals surface area contributed by atoms with Crippen LogP contribution in [0.25, 0.3) is 0 Å². The Morgan fingerprint density at radius 2 is 1.78 bits per heavy atom. The van der Waals surface area contributed by atoms with Gasteiger partial charge in [-0.05, 0) is 61.1 Å². The number of anilines is 2. The maximum absolute atomic E-state index is 13.0. The molecule has 1 saturated heterocycles. The normalized spacial score (nSPS) is 22.1. The van der Waals surface area contributed by atoms with Crippen LogP contribution in [-0.2, 0) is 9.59 Å². The van der Waals surface area contributed by atoms with E-state index in [2.05, 4.69) is 22.5 Å². The summed E-state index contributed by atoms with van der Waals surface area (Å²) in [6, 6.07) is 14.5. The SMILES string of the molecule is CC1CCN(c2ccc(NC(=O)CNC(=O)C3c4ccccc4C(=O)N3C3CC3)cc2)C1. The van der Waals surface area contributed by atoms with Crippen molar-refractivity contribution in [2.75, 3.05) is 29.9 Å². The number of hydrogen-bond acceptors (Lipinski definition) is 4. The largest absolute Gasteiger partial charge is 0.371 e. The van der Waals surface area contributed by atoms with Gasteiger partial charge in [0.15, 0.2) is 0 Å². The Morgan fingerprint density at radius 1 is 1.03 bits per heavy atom. The fourth-order valence-corrected chi connectivity index (χ4v) is 4.73. The Kier molecular flexibility index (Phi) is 5.33. The topological polar surface area (TPSA) is 81.8 Å². The summed E-state index contributed by atoms with van der Waals surface area (Å²) in [5.74, 6) is -0.00327. The summed E-state index contributed by atoms with van der Waals surface area (Å²) < 4.78 is 0. The summed E-state index contributed by atoms with van der Waals surface area (Å²) >= 11 is 0. The van der Waals surface area contributed by atoms with Crippen LogP contribution in [0.4, 0.5) is 11.4 Å². The lowest BCUT2D eigenvalue weighted by Gasteiger charge is -2.24. The highest BCUT2D eigenvalue weighted by Crippen LogP contribution is 2.41. The number of fused-ring (bicyclic) bond motifs is 1. The highest BCUT2D eigenvalue weighted by atomic mass is 16.2. The van der Waals surface area contributed by atoms with Crippen LogP contribution >= 0.6 is 0 Å². The van der Waals surface area contributed by atoms with E-state index in [0.717, 1.165) is 31.6 Å². The lowest BCUT2D eigenvalue weighted by molar-refractivity contribution is -0.127. The van der Waals surface area contributed by atoms with Gasteiger partial charge in [0.25, 0.3) is 5.91 Å². The molecule has 1 aliphatic carbocycles. The Labute approximate surface area is 187 Å². The quantitative estimate of drug-likeness (QED) is 0.735. The highest BCUT2D eigenvalue weighted by molar-refractivity contribution is 6.05. The maximum Gasteiger partial charge on any atom is 0.255 e. The summed E-state index contributed by atoms with van der Waals surface area (Å²) in [6.07, 6.45) is 3.03. The number of nitrogens with zero attached hydrogens (tertiary/aromatic N) is 2. The third-order valence-corrected chi connectivity index (χ3v) is 6.55. The van der Waals surface area contributed by atoms with Gasteiger partial charge in [-0.3, -0.25) is 14.4 Å². The first-order chi connectivity index (χ1) is 15.5. The molecule has 0 aromatic heterocycles. The minimum absolute atomic E-state index is 0.0970. The molecule has 2 fully saturated rings. The first kappa shape index (κ1) is 20.5. The number of benzene rings is 2. The van der Waals surface area contributed by atoms with Crippen LogP contribution < -0.4 is 15.5 Å². The van der Waals surface area contributed by atoms with Crippen molar-refractivity contribution in [3.05, 3.63) is 59.7 Å². The second-order valence-corrected chi connectivity index (χ2v) is 9.09. The molecule has 2 heterocycles. The number of carbonyl (C=O) groups excluding carboxylic acids is 3. The minimum Gasteiger partial charge on any atom is -0.371 e. The van der Waals surface area contributed by atoms with Crippen molar-refractivity contribution < 1.29 is 14.4 Å². The average Bonchev–Trinajstić information content (AvgIpc) is 3.47. The molecule has 1 saturated carbocycles. The summed E-state index contributed by atoms with van der Waals surface area (Å²) in [4.78, 5) is 42.2. The van der Waals surface area contributed by atoms with Crippen molar-refractivity contribution in [2.24, 2.45) is 5.92 Å². The van der Waals surface area contributed by atoms with Crippen molar-refractivity contribution >= 4 is 29.1 Å². The van der Waals surface area contributed by atoms with Crippen LogP contribution in [0.2, 0.25) is 0 Å². The third kappa shape index (κ3) is 3.95. The molecule has 2 aromatic rings. The van der Waals surface area contributed by atoms with Gasteiger partial charge in [-0.1, -0.05) is 25.1 Å². The smallest absolute Gasteiger partial charge is 0.255 e. The Bertz CT molecular complexity index is 1050. The van der Waals surface area contributed by atoms with E-state index in [4.69, 9.17) is 0 Å². The predicted molar refractivity (Wildman–Crippen MR) is 122 cm³/mol. The monoisotopic (exact) mass is 432 g/mol. The van der Waals surface area contributed by atoms with E-state index in [-0.39, 0.29) is 30.3 Å². The molecule has 0 spiro atoms. The zero-order valence-corrected chi connectivity index (χ0v) is 18.2. The second kappa shape index (κ2) is 8.30. The molecule has 2 aromatic carbocycles. The Balaban J connectivity index is 1.19. The van der Waals surface area contributed by atoms with E-state index in [9.17, 15) is 14.4 Å². The lowest BCUT2D eigenvalue weighted by Crippen LogP contribution is -2.42. The number of rotatable bonds is 6. The van der Waals surface area contributed by atoms with Crippen LogP contribution in [0, 0.1) is 5.92 Å². The van der Waals surface area contributed by atoms with E-state index in [0.29, 0.717) is 22.7 Å². The van der Waals surface area contributed by atoms with E-state index in [1.54, 1.807) is 11.0 Å². The van der Waals surface area contributed by atoms with Gasteiger partial charge in [-0.15, -0.1) is 0 Å². The van der Waals surface area contributed by atoms with Gasteiger partial charge in [-0.2, -0.15) is 0 Å². The van der Waals surface area contributed by atoms with E-state index in [1.807, 2.05) is 42.5 Å². The fraction of sp³-hybridized carbons (Fsp3) is 0.400. The van der Waals surface area contributed by atoms with E-state index in [1.165, 1.54) is 6.42 Å². The van der Waals surface area contributed by atoms with Crippen molar-refractivity contribution in [2.45, 2.75) is 38.3 Å². The van der Waals surface area contributed by atoms with Crippen molar-refractivity contribution in [3.8, 4) is 0 Å². The fourth-order valence-electron chi connectivity index (χ4n) is 4.73. The van der Waals surface area contributed by atoms with Crippen molar-refractivity contribution in [1.29, 1.82) is 0 Å². The molecular weight excluding hydrogens is 404 g/mol.